The third-order valence-corrected chi connectivity index (χ3v) is 5.19. The van der Waals surface area contributed by atoms with Crippen LogP contribution in [0.25, 0.3) is 10.9 Å². The first kappa shape index (κ1) is 16.3. The maximum absolute atomic E-state index is 11.6. The molecule has 7 heteroatoms. The number of nitrogens with zero attached hydrogens (tertiary/aromatic N) is 1. The number of fused-ring (bicyclic) bond motifs is 1. The Morgan fingerprint density at radius 2 is 1.83 bits per heavy atom. The van der Waals surface area contributed by atoms with E-state index < -0.39 is 10.0 Å². The summed E-state index contributed by atoms with van der Waals surface area (Å²) >= 11 is 0. The van der Waals surface area contributed by atoms with Gasteiger partial charge < -0.3 is 5.32 Å². The van der Waals surface area contributed by atoms with E-state index in [1.807, 2.05) is 30.3 Å². The molecule has 24 heavy (non-hydrogen) atoms. The van der Waals surface area contributed by atoms with Crippen LogP contribution in [0.1, 0.15) is 25.5 Å². The summed E-state index contributed by atoms with van der Waals surface area (Å²) in [6.45, 7) is 3.67. The second-order valence-electron chi connectivity index (χ2n) is 5.67. The fraction of sp³-hybridized carbons (Fsp3) is 0.235. The summed E-state index contributed by atoms with van der Waals surface area (Å²) in [4.78, 5) is 0. The van der Waals surface area contributed by atoms with Gasteiger partial charge in [-0.25, -0.2) is 8.42 Å². The van der Waals surface area contributed by atoms with Crippen molar-refractivity contribution in [2.45, 2.75) is 19.9 Å². The molecule has 6 nitrogen and oxygen atoms in total. The number of aromatic nitrogens is 2. The van der Waals surface area contributed by atoms with Crippen LogP contribution in [0, 0.1) is 0 Å². The Morgan fingerprint density at radius 3 is 2.54 bits per heavy atom. The molecule has 0 aliphatic heterocycles. The van der Waals surface area contributed by atoms with Crippen molar-refractivity contribution >= 4 is 32.3 Å². The molecule has 3 rings (SSSR count). The van der Waals surface area contributed by atoms with Crippen LogP contribution in [0.2, 0.25) is 0 Å². The van der Waals surface area contributed by atoms with Gasteiger partial charge in [0.15, 0.2) is 0 Å². The van der Waals surface area contributed by atoms with Crippen molar-refractivity contribution < 1.29 is 8.42 Å². The summed E-state index contributed by atoms with van der Waals surface area (Å²) in [5, 5.41) is 11.4. The predicted molar refractivity (Wildman–Crippen MR) is 97.7 cm³/mol. The molecule has 0 radical (unpaired) electrons. The topological polar surface area (TPSA) is 86.9 Å². The van der Waals surface area contributed by atoms with Crippen molar-refractivity contribution in [3.05, 3.63) is 54.2 Å². The Kier molecular flexibility index (Phi) is 4.44. The van der Waals surface area contributed by atoms with Crippen molar-refractivity contribution in [1.29, 1.82) is 0 Å². The summed E-state index contributed by atoms with van der Waals surface area (Å²) in [6.07, 6.45) is 1.79. The average Bonchev–Trinajstić information content (AvgIpc) is 3.03. The lowest BCUT2D eigenvalue weighted by molar-refractivity contribution is 0.602. The van der Waals surface area contributed by atoms with Gasteiger partial charge in [-0.15, -0.1) is 0 Å². The van der Waals surface area contributed by atoms with Gasteiger partial charge in [-0.1, -0.05) is 12.1 Å². The van der Waals surface area contributed by atoms with Crippen LogP contribution in [-0.4, -0.2) is 24.4 Å². The maximum Gasteiger partial charge on any atom is 0.232 e. The maximum atomic E-state index is 11.6. The molecular weight excluding hydrogens is 324 g/mol. The minimum Gasteiger partial charge on any atom is -0.379 e. The van der Waals surface area contributed by atoms with Crippen LogP contribution in [0.5, 0.6) is 0 Å². The molecule has 0 bridgehead atoms. The lowest BCUT2D eigenvalue weighted by Gasteiger charge is -2.16. The van der Waals surface area contributed by atoms with E-state index in [0.29, 0.717) is 5.69 Å². The third kappa shape index (κ3) is 3.68. The summed E-state index contributed by atoms with van der Waals surface area (Å²) < 4.78 is 25.7. The first-order valence-corrected chi connectivity index (χ1v) is 9.42. The van der Waals surface area contributed by atoms with Gasteiger partial charge in [0, 0.05) is 22.8 Å². The third-order valence-electron chi connectivity index (χ3n) is 3.89. The molecule has 0 saturated carbocycles. The highest BCUT2D eigenvalue weighted by molar-refractivity contribution is 7.92. The van der Waals surface area contributed by atoms with Crippen molar-refractivity contribution in [2.24, 2.45) is 0 Å². The van der Waals surface area contributed by atoms with Gasteiger partial charge in [-0.3, -0.25) is 9.82 Å². The van der Waals surface area contributed by atoms with E-state index >= 15 is 0 Å². The smallest absolute Gasteiger partial charge is 0.232 e. The molecule has 0 saturated heterocycles. The van der Waals surface area contributed by atoms with Crippen molar-refractivity contribution in [3.8, 4) is 0 Å². The molecule has 0 fully saturated rings. The molecule has 0 unspecified atom stereocenters. The van der Waals surface area contributed by atoms with Crippen LogP contribution in [0.15, 0.2) is 48.7 Å². The quantitative estimate of drug-likeness (QED) is 0.639. The van der Waals surface area contributed by atoms with E-state index in [-0.39, 0.29) is 11.8 Å². The van der Waals surface area contributed by atoms with Crippen LogP contribution >= 0.6 is 0 Å². The largest absolute Gasteiger partial charge is 0.379 e. The molecule has 2 aromatic carbocycles. The van der Waals surface area contributed by atoms with E-state index in [1.165, 1.54) is 0 Å². The molecule has 1 atom stereocenters. The van der Waals surface area contributed by atoms with Gasteiger partial charge in [0.05, 0.1) is 17.5 Å². The van der Waals surface area contributed by atoms with Gasteiger partial charge in [0.2, 0.25) is 10.0 Å². The number of hydrogen-bond acceptors (Lipinski definition) is 4. The number of benzene rings is 2. The first-order chi connectivity index (χ1) is 11.5. The van der Waals surface area contributed by atoms with E-state index in [1.54, 1.807) is 25.3 Å². The van der Waals surface area contributed by atoms with Gasteiger partial charge in [0.1, 0.15) is 0 Å². The molecule has 126 valence electrons. The zero-order valence-electron chi connectivity index (χ0n) is 13.6. The predicted octanol–water partition coefficient (Wildman–Crippen LogP) is 3.50. The number of hydrogen-bond donors (Lipinski definition) is 3. The van der Waals surface area contributed by atoms with Crippen molar-refractivity contribution in [2.75, 3.05) is 15.8 Å². The number of nitrogens with one attached hydrogen (secondary N) is 3. The van der Waals surface area contributed by atoms with E-state index in [4.69, 9.17) is 0 Å². The summed E-state index contributed by atoms with van der Waals surface area (Å²) in [5.74, 6) is 0.0587. The normalized spacial score (nSPS) is 12.9. The molecule has 0 amide bonds. The minimum absolute atomic E-state index is 0.0587. The van der Waals surface area contributed by atoms with Gasteiger partial charge in [0.25, 0.3) is 0 Å². The summed E-state index contributed by atoms with van der Waals surface area (Å²) in [5.41, 5.74) is 3.65. The number of H-pyrrole nitrogens is 1. The number of aromatic amines is 1. The van der Waals surface area contributed by atoms with Gasteiger partial charge in [-0.05, 0) is 49.7 Å². The number of sulfonamides is 1. The fourth-order valence-electron chi connectivity index (χ4n) is 2.46. The van der Waals surface area contributed by atoms with Crippen LogP contribution < -0.4 is 10.0 Å². The lowest BCUT2D eigenvalue weighted by atomic mass is 10.1. The molecule has 1 aromatic heterocycles. The lowest BCUT2D eigenvalue weighted by Crippen LogP contribution is -2.14. The SMILES string of the molecule is CCS(=O)(=O)Nc1ccc([C@@H](C)Nc2ccc3[nH]ncc3c2)cc1. The second-order valence-corrected chi connectivity index (χ2v) is 7.68. The molecule has 0 aliphatic carbocycles. The molecule has 3 aromatic rings. The number of rotatable bonds is 6. The van der Waals surface area contributed by atoms with Crippen molar-refractivity contribution in [1.82, 2.24) is 10.2 Å². The molecular formula is C17H20N4O2S. The monoisotopic (exact) mass is 344 g/mol. The Bertz CT molecular complexity index is 933. The standard InChI is InChI=1S/C17H20N4O2S/c1-3-24(22,23)21-15-6-4-13(5-7-15)12(2)19-16-8-9-17-14(10-16)11-18-20-17/h4-12,19,21H,3H2,1-2H3,(H,18,20)/t12-/m1/s1. The average molecular weight is 344 g/mol. The Hall–Kier alpha value is -2.54. The molecule has 0 spiro atoms. The number of anilines is 2. The van der Waals surface area contributed by atoms with E-state index in [2.05, 4.69) is 27.2 Å². The first-order valence-electron chi connectivity index (χ1n) is 7.77. The fourth-order valence-corrected chi connectivity index (χ4v) is 3.10. The molecule has 0 aliphatic rings. The van der Waals surface area contributed by atoms with E-state index in [9.17, 15) is 8.42 Å². The molecule has 1 heterocycles. The van der Waals surface area contributed by atoms with Crippen LogP contribution in [-0.2, 0) is 10.0 Å². The molecule has 3 N–H and O–H groups in total. The zero-order valence-corrected chi connectivity index (χ0v) is 14.4. The highest BCUT2D eigenvalue weighted by atomic mass is 32.2. The van der Waals surface area contributed by atoms with Crippen LogP contribution in [0.4, 0.5) is 11.4 Å². The Balaban J connectivity index is 1.71. The minimum atomic E-state index is -3.24. The zero-order chi connectivity index (χ0) is 17.2. The van der Waals surface area contributed by atoms with Gasteiger partial charge in [-0.2, -0.15) is 5.10 Å². The van der Waals surface area contributed by atoms with Gasteiger partial charge >= 0.3 is 0 Å². The highest BCUT2D eigenvalue weighted by Crippen LogP contribution is 2.23. The second kappa shape index (κ2) is 6.52. The van der Waals surface area contributed by atoms with Crippen LogP contribution in [0.3, 0.4) is 0 Å². The highest BCUT2D eigenvalue weighted by Gasteiger charge is 2.09. The van der Waals surface area contributed by atoms with E-state index in [0.717, 1.165) is 22.2 Å². The summed E-state index contributed by atoms with van der Waals surface area (Å²) in [7, 11) is -3.24. The summed E-state index contributed by atoms with van der Waals surface area (Å²) in [6, 6.07) is 13.5. The van der Waals surface area contributed by atoms with Crippen molar-refractivity contribution in [3.63, 3.8) is 0 Å². The Labute approximate surface area is 141 Å². The Morgan fingerprint density at radius 1 is 1.12 bits per heavy atom.